The molecule has 0 aliphatic carbocycles. The molecule has 0 atom stereocenters. The van der Waals surface area contributed by atoms with Gasteiger partial charge >= 0.3 is 0 Å². The van der Waals surface area contributed by atoms with Gasteiger partial charge in [-0.2, -0.15) is 10.5 Å². The Morgan fingerprint density at radius 2 is 1.79 bits per heavy atom. The first kappa shape index (κ1) is 13.2. The van der Waals surface area contributed by atoms with E-state index in [1.807, 2.05) is 12.1 Å². The molecule has 92 valence electrons. The van der Waals surface area contributed by atoms with Crippen LogP contribution in [0.5, 0.6) is 0 Å². The lowest BCUT2D eigenvalue weighted by atomic mass is 10.2. The van der Waals surface area contributed by atoms with Crippen LogP contribution in [0, 0.1) is 22.7 Å². The van der Waals surface area contributed by atoms with E-state index in [2.05, 4.69) is 10.3 Å². The smallest absolute Gasteiger partial charge is 0.150 e. The fourth-order valence-electron chi connectivity index (χ4n) is 1.44. The maximum absolute atomic E-state index is 8.87. The van der Waals surface area contributed by atoms with Gasteiger partial charge in [0.25, 0.3) is 0 Å². The summed E-state index contributed by atoms with van der Waals surface area (Å²) in [4.78, 5) is 4.05. The maximum Gasteiger partial charge on any atom is 0.150 e. The number of benzene rings is 1. The Labute approximate surface area is 119 Å². The van der Waals surface area contributed by atoms with Gasteiger partial charge in [0, 0.05) is 11.9 Å². The van der Waals surface area contributed by atoms with Crippen molar-refractivity contribution in [2.45, 2.75) is 0 Å². The van der Waals surface area contributed by atoms with Crippen LogP contribution in [0.2, 0.25) is 10.0 Å². The van der Waals surface area contributed by atoms with Crippen LogP contribution in [0.1, 0.15) is 11.1 Å². The molecular weight excluding hydrogens is 283 g/mol. The summed E-state index contributed by atoms with van der Waals surface area (Å²) < 4.78 is 0. The number of nitriles is 2. The summed E-state index contributed by atoms with van der Waals surface area (Å²) in [5.74, 6) is 0.362. The minimum atomic E-state index is 0.241. The molecule has 0 spiro atoms. The van der Waals surface area contributed by atoms with Gasteiger partial charge in [0.2, 0.25) is 0 Å². The van der Waals surface area contributed by atoms with Crippen LogP contribution < -0.4 is 5.32 Å². The Kier molecular flexibility index (Phi) is 3.87. The van der Waals surface area contributed by atoms with Crippen LogP contribution >= 0.6 is 23.2 Å². The standard InChI is InChI=1S/C13H6Cl2N4/c14-11-5-10(2-1-8(11)6-16)19-13-12(15)9(7-17)3-4-18-13/h1-5H,(H,18,19). The molecule has 0 saturated heterocycles. The first-order valence-electron chi connectivity index (χ1n) is 5.17. The molecule has 0 fully saturated rings. The van der Waals surface area contributed by atoms with E-state index in [9.17, 15) is 0 Å². The number of hydrogen-bond donors (Lipinski definition) is 1. The topological polar surface area (TPSA) is 72.5 Å². The monoisotopic (exact) mass is 288 g/mol. The molecule has 0 aliphatic rings. The average molecular weight is 289 g/mol. The van der Waals surface area contributed by atoms with Crippen molar-refractivity contribution in [2.24, 2.45) is 0 Å². The largest absolute Gasteiger partial charge is 0.339 e. The van der Waals surface area contributed by atoms with Gasteiger partial charge in [0.05, 0.1) is 16.1 Å². The molecule has 2 aromatic rings. The number of nitrogens with one attached hydrogen (secondary N) is 1. The van der Waals surface area contributed by atoms with Crippen molar-refractivity contribution < 1.29 is 0 Å². The SMILES string of the molecule is N#Cc1ccc(Nc2nccc(C#N)c2Cl)cc1Cl. The molecule has 1 aromatic carbocycles. The molecule has 2 rings (SSSR count). The van der Waals surface area contributed by atoms with E-state index in [4.69, 9.17) is 33.7 Å². The summed E-state index contributed by atoms with van der Waals surface area (Å²) in [6.45, 7) is 0. The highest BCUT2D eigenvalue weighted by Crippen LogP contribution is 2.28. The van der Waals surface area contributed by atoms with E-state index in [0.717, 1.165) is 0 Å². The molecule has 1 heterocycles. The van der Waals surface area contributed by atoms with E-state index in [0.29, 0.717) is 27.7 Å². The third-order valence-electron chi connectivity index (χ3n) is 2.36. The van der Waals surface area contributed by atoms with Gasteiger partial charge in [-0.15, -0.1) is 0 Å². The normalized spacial score (nSPS) is 9.47. The quantitative estimate of drug-likeness (QED) is 0.910. The lowest BCUT2D eigenvalue weighted by Crippen LogP contribution is -1.96. The first-order valence-corrected chi connectivity index (χ1v) is 5.92. The molecule has 0 saturated carbocycles. The molecule has 4 nitrogen and oxygen atoms in total. The maximum atomic E-state index is 8.87. The molecule has 6 heteroatoms. The highest BCUT2D eigenvalue weighted by molar-refractivity contribution is 6.34. The minimum absolute atomic E-state index is 0.241. The Morgan fingerprint density at radius 1 is 1.05 bits per heavy atom. The van der Waals surface area contributed by atoms with Crippen molar-refractivity contribution in [2.75, 3.05) is 5.32 Å². The first-order chi connectivity index (χ1) is 9.15. The van der Waals surface area contributed by atoms with Crippen molar-refractivity contribution >= 4 is 34.7 Å². The van der Waals surface area contributed by atoms with Crippen molar-refractivity contribution in [1.29, 1.82) is 10.5 Å². The van der Waals surface area contributed by atoms with Gasteiger partial charge in [-0.3, -0.25) is 0 Å². The second-order valence-electron chi connectivity index (χ2n) is 3.56. The van der Waals surface area contributed by atoms with E-state index in [1.165, 1.54) is 12.3 Å². The molecule has 0 radical (unpaired) electrons. The summed E-state index contributed by atoms with van der Waals surface area (Å²) in [6, 6.07) is 10.3. The van der Waals surface area contributed by atoms with Crippen LogP contribution in [-0.4, -0.2) is 4.98 Å². The zero-order valence-electron chi connectivity index (χ0n) is 9.48. The second-order valence-corrected chi connectivity index (χ2v) is 4.35. The van der Waals surface area contributed by atoms with E-state index in [1.54, 1.807) is 18.2 Å². The third-order valence-corrected chi connectivity index (χ3v) is 3.06. The summed E-state index contributed by atoms with van der Waals surface area (Å²) in [7, 11) is 0. The van der Waals surface area contributed by atoms with E-state index < -0.39 is 0 Å². The van der Waals surface area contributed by atoms with Gasteiger partial charge in [-0.1, -0.05) is 23.2 Å². The van der Waals surface area contributed by atoms with Crippen molar-refractivity contribution in [3.63, 3.8) is 0 Å². The predicted molar refractivity (Wildman–Crippen MR) is 73.4 cm³/mol. The third kappa shape index (κ3) is 2.77. The lowest BCUT2D eigenvalue weighted by molar-refractivity contribution is 1.29. The van der Waals surface area contributed by atoms with Crippen LogP contribution in [-0.2, 0) is 0 Å². The number of rotatable bonds is 2. The van der Waals surface area contributed by atoms with E-state index >= 15 is 0 Å². The molecule has 0 unspecified atom stereocenters. The van der Waals surface area contributed by atoms with Crippen molar-refractivity contribution in [3.8, 4) is 12.1 Å². The molecule has 1 N–H and O–H groups in total. The molecule has 0 bridgehead atoms. The molecule has 0 aliphatic heterocycles. The highest BCUT2D eigenvalue weighted by atomic mass is 35.5. The van der Waals surface area contributed by atoms with Crippen LogP contribution in [0.15, 0.2) is 30.5 Å². The van der Waals surface area contributed by atoms with Gasteiger partial charge in [-0.25, -0.2) is 4.98 Å². The lowest BCUT2D eigenvalue weighted by Gasteiger charge is -2.08. The number of pyridine rings is 1. The van der Waals surface area contributed by atoms with Crippen LogP contribution in [0.4, 0.5) is 11.5 Å². The molecular formula is C13H6Cl2N4. The molecule has 1 aromatic heterocycles. The van der Waals surface area contributed by atoms with Gasteiger partial charge in [0.15, 0.2) is 5.82 Å². The van der Waals surface area contributed by atoms with Gasteiger partial charge in [-0.05, 0) is 24.3 Å². The number of halogens is 2. The summed E-state index contributed by atoms with van der Waals surface area (Å²) in [5.41, 5.74) is 1.35. The number of aromatic nitrogens is 1. The Morgan fingerprint density at radius 3 is 2.42 bits per heavy atom. The zero-order valence-corrected chi connectivity index (χ0v) is 11.0. The average Bonchev–Trinajstić information content (AvgIpc) is 2.41. The number of nitrogens with zero attached hydrogens (tertiary/aromatic N) is 3. The Balaban J connectivity index is 2.35. The van der Waals surface area contributed by atoms with Gasteiger partial charge < -0.3 is 5.32 Å². The predicted octanol–water partition coefficient (Wildman–Crippen LogP) is 3.88. The van der Waals surface area contributed by atoms with Crippen LogP contribution in [0.25, 0.3) is 0 Å². The minimum Gasteiger partial charge on any atom is -0.339 e. The fourth-order valence-corrected chi connectivity index (χ4v) is 1.86. The summed E-state index contributed by atoms with van der Waals surface area (Å²) >= 11 is 12.0. The van der Waals surface area contributed by atoms with Crippen LogP contribution in [0.3, 0.4) is 0 Å². The fraction of sp³-hybridized carbons (Fsp3) is 0. The van der Waals surface area contributed by atoms with Crippen molar-refractivity contribution in [3.05, 3.63) is 51.6 Å². The Bertz CT molecular complexity index is 714. The summed E-state index contributed by atoms with van der Waals surface area (Å²) in [6.07, 6.45) is 1.48. The summed E-state index contributed by atoms with van der Waals surface area (Å²) in [5, 5.41) is 21.2. The molecule has 0 amide bonds. The molecule has 19 heavy (non-hydrogen) atoms. The number of hydrogen-bond acceptors (Lipinski definition) is 4. The highest BCUT2D eigenvalue weighted by Gasteiger charge is 2.08. The zero-order chi connectivity index (χ0) is 13.8. The van der Waals surface area contributed by atoms with Gasteiger partial charge in [0.1, 0.15) is 17.2 Å². The van der Waals surface area contributed by atoms with E-state index in [-0.39, 0.29) is 5.02 Å². The number of anilines is 2. The second kappa shape index (κ2) is 5.58. The van der Waals surface area contributed by atoms with Crippen molar-refractivity contribution in [1.82, 2.24) is 4.98 Å². The Hall–Kier alpha value is -2.27.